The lowest BCUT2D eigenvalue weighted by molar-refractivity contribution is -0.139. The highest BCUT2D eigenvalue weighted by Gasteiger charge is 2.33. The molecule has 9 heteroatoms. The number of sulfonamides is 1. The van der Waals surface area contributed by atoms with Gasteiger partial charge in [0.15, 0.2) is 0 Å². The Morgan fingerprint density at radius 1 is 0.923 bits per heavy atom. The van der Waals surface area contributed by atoms with E-state index in [4.69, 9.17) is 11.6 Å². The van der Waals surface area contributed by atoms with Crippen molar-refractivity contribution in [3.63, 3.8) is 0 Å². The van der Waals surface area contributed by atoms with Crippen molar-refractivity contribution < 1.29 is 18.0 Å². The van der Waals surface area contributed by atoms with Crippen LogP contribution < -0.4 is 9.62 Å². The Morgan fingerprint density at radius 3 is 2.21 bits per heavy atom. The molecule has 0 fully saturated rings. The third kappa shape index (κ3) is 7.19. The highest BCUT2D eigenvalue weighted by molar-refractivity contribution is 7.92. The minimum absolute atomic E-state index is 0.0465. The van der Waals surface area contributed by atoms with Gasteiger partial charge >= 0.3 is 0 Å². The molecular weight excluding hydrogens is 534 g/mol. The molecule has 1 N–H and O–H groups in total. The summed E-state index contributed by atoms with van der Waals surface area (Å²) in [5.74, 6) is -0.813. The van der Waals surface area contributed by atoms with Gasteiger partial charge < -0.3 is 10.2 Å². The van der Waals surface area contributed by atoms with Crippen molar-refractivity contribution in [3.05, 3.63) is 94.5 Å². The first-order valence-corrected chi connectivity index (χ1v) is 14.8. The van der Waals surface area contributed by atoms with E-state index in [2.05, 4.69) is 5.32 Å². The van der Waals surface area contributed by atoms with Gasteiger partial charge in [-0.05, 0) is 75.1 Å². The third-order valence-electron chi connectivity index (χ3n) is 6.89. The smallest absolute Gasteiger partial charge is 0.264 e. The zero-order valence-corrected chi connectivity index (χ0v) is 24.6. The Kier molecular flexibility index (Phi) is 10.2. The lowest BCUT2D eigenvalue weighted by Crippen LogP contribution is -2.52. The molecule has 0 spiro atoms. The fourth-order valence-corrected chi connectivity index (χ4v) is 5.78. The van der Waals surface area contributed by atoms with Gasteiger partial charge in [0.1, 0.15) is 12.6 Å². The SMILES string of the molecule is CC[C@H](C)NC(=O)[C@@H](C)N(Cc1ccccc1C)C(=O)CN(c1cccc(Cl)c1C)S(=O)(=O)c1ccccc1. The molecule has 0 bridgehead atoms. The number of anilines is 1. The van der Waals surface area contributed by atoms with Crippen LogP contribution in [0.2, 0.25) is 5.02 Å². The van der Waals surface area contributed by atoms with Crippen molar-refractivity contribution >= 4 is 39.1 Å². The summed E-state index contributed by atoms with van der Waals surface area (Å²) in [7, 11) is -4.15. The monoisotopic (exact) mass is 569 g/mol. The number of aryl methyl sites for hydroxylation is 1. The van der Waals surface area contributed by atoms with Gasteiger partial charge in [0.2, 0.25) is 11.8 Å². The molecule has 2 amide bonds. The van der Waals surface area contributed by atoms with Crippen molar-refractivity contribution in [2.24, 2.45) is 0 Å². The second-order valence-corrected chi connectivity index (χ2v) is 11.9. The quantitative estimate of drug-likeness (QED) is 0.331. The minimum atomic E-state index is -4.15. The number of carbonyl (C=O) groups excluding carboxylic acids is 2. The second-order valence-electron chi connectivity index (χ2n) is 9.65. The Labute approximate surface area is 236 Å². The van der Waals surface area contributed by atoms with Crippen LogP contribution in [0.1, 0.15) is 43.9 Å². The molecule has 2 atom stereocenters. The molecular formula is C30H36ClN3O4S. The Morgan fingerprint density at radius 2 is 1.56 bits per heavy atom. The van der Waals surface area contributed by atoms with Crippen LogP contribution in [-0.4, -0.2) is 43.8 Å². The van der Waals surface area contributed by atoms with E-state index in [1.54, 1.807) is 50.2 Å². The first-order chi connectivity index (χ1) is 18.5. The van der Waals surface area contributed by atoms with E-state index in [9.17, 15) is 18.0 Å². The molecule has 208 valence electrons. The van der Waals surface area contributed by atoms with Crippen LogP contribution in [0, 0.1) is 13.8 Å². The highest BCUT2D eigenvalue weighted by atomic mass is 35.5. The molecule has 0 unspecified atom stereocenters. The lowest BCUT2D eigenvalue weighted by Gasteiger charge is -2.33. The molecule has 7 nitrogen and oxygen atoms in total. The summed E-state index contributed by atoms with van der Waals surface area (Å²) in [4.78, 5) is 28.7. The zero-order valence-electron chi connectivity index (χ0n) is 23.0. The summed E-state index contributed by atoms with van der Waals surface area (Å²) in [6, 6.07) is 19.6. The summed E-state index contributed by atoms with van der Waals surface area (Å²) >= 11 is 6.36. The van der Waals surface area contributed by atoms with Crippen molar-refractivity contribution in [3.8, 4) is 0 Å². The molecule has 0 aliphatic heterocycles. The average Bonchev–Trinajstić information content (AvgIpc) is 2.92. The normalized spacial score (nSPS) is 12.9. The molecule has 39 heavy (non-hydrogen) atoms. The summed E-state index contributed by atoms with van der Waals surface area (Å²) in [5, 5.41) is 3.32. The van der Waals surface area contributed by atoms with Crippen LogP contribution in [-0.2, 0) is 26.2 Å². The summed E-state index contributed by atoms with van der Waals surface area (Å²) in [6.45, 7) is 8.81. The standard InChI is InChI=1S/C30H36ClN3O4S/c1-6-22(3)32-30(36)24(5)33(19-25-14-11-10-13-21(25)2)29(35)20-34(28-18-12-17-27(31)23(28)4)39(37,38)26-15-8-7-9-16-26/h7-18,22,24H,6,19-20H2,1-5H3,(H,32,36)/t22-,24+/m0/s1. The molecule has 3 aromatic carbocycles. The predicted molar refractivity (Wildman–Crippen MR) is 156 cm³/mol. The summed E-state index contributed by atoms with van der Waals surface area (Å²) < 4.78 is 28.9. The maximum Gasteiger partial charge on any atom is 0.264 e. The summed E-state index contributed by atoms with van der Waals surface area (Å²) in [5.41, 5.74) is 2.65. The number of nitrogens with one attached hydrogen (secondary N) is 1. The van der Waals surface area contributed by atoms with Crippen LogP contribution in [0.5, 0.6) is 0 Å². The third-order valence-corrected chi connectivity index (χ3v) is 9.07. The minimum Gasteiger partial charge on any atom is -0.352 e. The van der Waals surface area contributed by atoms with Crippen LogP contribution in [0.15, 0.2) is 77.7 Å². The van der Waals surface area contributed by atoms with Gasteiger partial charge in [0.05, 0.1) is 10.6 Å². The Balaban J connectivity index is 2.07. The fourth-order valence-electron chi connectivity index (χ4n) is 4.12. The Hall–Kier alpha value is -3.36. The molecule has 0 saturated heterocycles. The molecule has 0 aliphatic carbocycles. The predicted octanol–water partition coefficient (Wildman–Crippen LogP) is 5.48. The maximum absolute atomic E-state index is 14.0. The summed E-state index contributed by atoms with van der Waals surface area (Å²) in [6.07, 6.45) is 0.737. The number of hydrogen-bond donors (Lipinski definition) is 1. The van der Waals surface area contributed by atoms with Gasteiger partial charge in [-0.3, -0.25) is 13.9 Å². The maximum atomic E-state index is 14.0. The first kappa shape index (κ1) is 30.2. The van der Waals surface area contributed by atoms with Crippen LogP contribution in [0.25, 0.3) is 0 Å². The van der Waals surface area contributed by atoms with Crippen LogP contribution in [0.4, 0.5) is 5.69 Å². The van der Waals surface area contributed by atoms with E-state index in [1.165, 1.54) is 17.0 Å². The first-order valence-electron chi connectivity index (χ1n) is 12.9. The van der Waals surface area contributed by atoms with Gasteiger partial charge in [-0.2, -0.15) is 0 Å². The molecule has 0 aromatic heterocycles. The molecule has 0 aliphatic rings. The van der Waals surface area contributed by atoms with E-state index >= 15 is 0 Å². The van der Waals surface area contributed by atoms with Gasteiger partial charge in [0, 0.05) is 17.6 Å². The van der Waals surface area contributed by atoms with Crippen molar-refractivity contribution in [1.29, 1.82) is 0 Å². The van der Waals surface area contributed by atoms with Gasteiger partial charge in [0.25, 0.3) is 10.0 Å². The fraction of sp³-hybridized carbons (Fsp3) is 0.333. The van der Waals surface area contributed by atoms with E-state index in [0.717, 1.165) is 21.9 Å². The zero-order chi connectivity index (χ0) is 28.7. The van der Waals surface area contributed by atoms with Crippen molar-refractivity contribution in [2.75, 3.05) is 10.8 Å². The Bertz CT molecular complexity index is 1410. The van der Waals surface area contributed by atoms with Crippen molar-refractivity contribution in [1.82, 2.24) is 10.2 Å². The van der Waals surface area contributed by atoms with Crippen LogP contribution >= 0.6 is 11.6 Å². The number of carbonyl (C=O) groups is 2. The second kappa shape index (κ2) is 13.1. The largest absolute Gasteiger partial charge is 0.352 e. The molecule has 0 radical (unpaired) electrons. The molecule has 3 rings (SSSR count). The van der Waals surface area contributed by atoms with E-state index in [1.807, 2.05) is 45.0 Å². The van der Waals surface area contributed by atoms with Gasteiger partial charge in [-0.25, -0.2) is 8.42 Å². The van der Waals surface area contributed by atoms with E-state index < -0.39 is 28.5 Å². The van der Waals surface area contributed by atoms with E-state index in [0.29, 0.717) is 16.3 Å². The molecule has 3 aromatic rings. The topological polar surface area (TPSA) is 86.8 Å². The van der Waals surface area contributed by atoms with Crippen LogP contribution in [0.3, 0.4) is 0 Å². The number of hydrogen-bond acceptors (Lipinski definition) is 4. The number of rotatable bonds is 11. The number of amides is 2. The van der Waals surface area contributed by atoms with Gasteiger partial charge in [-0.15, -0.1) is 0 Å². The molecule has 0 heterocycles. The lowest BCUT2D eigenvalue weighted by atomic mass is 10.1. The number of benzene rings is 3. The van der Waals surface area contributed by atoms with E-state index in [-0.39, 0.29) is 23.4 Å². The molecule has 0 saturated carbocycles. The average molecular weight is 570 g/mol. The number of nitrogens with zero attached hydrogens (tertiary/aromatic N) is 2. The highest BCUT2D eigenvalue weighted by Crippen LogP contribution is 2.31. The number of halogens is 1. The van der Waals surface area contributed by atoms with Gasteiger partial charge in [-0.1, -0.05) is 67.1 Å². The van der Waals surface area contributed by atoms with Crippen molar-refractivity contribution in [2.45, 2.75) is 64.6 Å².